The molecule has 0 radical (unpaired) electrons. The van der Waals surface area contributed by atoms with Crippen LogP contribution in [0.2, 0.25) is 0 Å². The van der Waals surface area contributed by atoms with E-state index in [1.807, 2.05) is 20.8 Å². The lowest BCUT2D eigenvalue weighted by Gasteiger charge is -2.10. The molecular formula is C20H38F2O2. The topological polar surface area (TPSA) is 26.3 Å². The van der Waals surface area contributed by atoms with Gasteiger partial charge < -0.3 is 4.74 Å². The Balaban J connectivity index is 0. The number of halogens is 2. The number of carbonyl (C=O) groups excluding carboxylic acids is 1. The second kappa shape index (κ2) is 18.4. The number of alkyl halides is 2. The van der Waals surface area contributed by atoms with Crippen molar-refractivity contribution in [2.45, 2.75) is 104 Å². The fourth-order valence-electron chi connectivity index (χ4n) is 2.11. The first kappa shape index (κ1) is 25.3. The van der Waals surface area contributed by atoms with Gasteiger partial charge in [-0.05, 0) is 25.3 Å². The predicted octanol–water partition coefficient (Wildman–Crippen LogP) is 7.08. The Kier molecular flexibility index (Phi) is 19.4. The SMILES string of the molecule is CC.CCCCCCCCC(=O)OCC/C=C\C(F)(F)CCCC. The van der Waals surface area contributed by atoms with Crippen molar-refractivity contribution >= 4 is 5.97 Å². The number of hydrogen-bond donors (Lipinski definition) is 0. The number of carbonyl (C=O) groups is 1. The summed E-state index contributed by atoms with van der Waals surface area (Å²) >= 11 is 0. The van der Waals surface area contributed by atoms with Gasteiger partial charge in [-0.2, -0.15) is 0 Å². The Morgan fingerprint density at radius 3 is 2.17 bits per heavy atom. The van der Waals surface area contributed by atoms with Crippen LogP contribution in [-0.2, 0) is 9.53 Å². The van der Waals surface area contributed by atoms with E-state index >= 15 is 0 Å². The molecule has 0 rings (SSSR count). The summed E-state index contributed by atoms with van der Waals surface area (Å²) in [6.45, 7) is 8.25. The van der Waals surface area contributed by atoms with E-state index < -0.39 is 5.92 Å². The third-order valence-corrected chi connectivity index (χ3v) is 3.51. The molecule has 24 heavy (non-hydrogen) atoms. The minimum Gasteiger partial charge on any atom is -0.465 e. The summed E-state index contributed by atoms with van der Waals surface area (Å²) in [5.41, 5.74) is 0. The van der Waals surface area contributed by atoms with Crippen LogP contribution < -0.4 is 0 Å². The molecule has 144 valence electrons. The van der Waals surface area contributed by atoms with Crippen molar-refractivity contribution in [3.8, 4) is 0 Å². The molecule has 0 bridgehead atoms. The molecule has 2 nitrogen and oxygen atoms in total. The molecule has 0 saturated carbocycles. The van der Waals surface area contributed by atoms with Crippen LogP contribution in [0.4, 0.5) is 8.78 Å². The lowest BCUT2D eigenvalue weighted by atomic mass is 10.1. The molecular weight excluding hydrogens is 310 g/mol. The Labute approximate surface area is 148 Å². The first-order chi connectivity index (χ1) is 11.5. The number of rotatable bonds is 14. The van der Waals surface area contributed by atoms with Crippen molar-refractivity contribution in [1.82, 2.24) is 0 Å². The zero-order valence-corrected chi connectivity index (χ0v) is 16.2. The Hall–Kier alpha value is -0.930. The van der Waals surface area contributed by atoms with Crippen LogP contribution in [0, 0.1) is 0 Å². The molecule has 0 aliphatic carbocycles. The highest BCUT2D eigenvalue weighted by molar-refractivity contribution is 5.69. The summed E-state index contributed by atoms with van der Waals surface area (Å²) in [4.78, 5) is 11.4. The maximum Gasteiger partial charge on any atom is 0.305 e. The quantitative estimate of drug-likeness (QED) is 0.190. The third-order valence-electron chi connectivity index (χ3n) is 3.51. The van der Waals surface area contributed by atoms with Gasteiger partial charge in [0.2, 0.25) is 0 Å². The van der Waals surface area contributed by atoms with Gasteiger partial charge in [0, 0.05) is 12.8 Å². The van der Waals surface area contributed by atoms with Crippen LogP contribution in [0.1, 0.15) is 98.3 Å². The first-order valence-electron chi connectivity index (χ1n) is 9.73. The summed E-state index contributed by atoms with van der Waals surface area (Å²) in [5.74, 6) is -2.96. The van der Waals surface area contributed by atoms with Crippen molar-refractivity contribution < 1.29 is 18.3 Å². The second-order valence-electron chi connectivity index (χ2n) is 5.79. The summed E-state index contributed by atoms with van der Waals surface area (Å²) in [7, 11) is 0. The molecule has 0 N–H and O–H groups in total. The lowest BCUT2D eigenvalue weighted by molar-refractivity contribution is -0.143. The van der Waals surface area contributed by atoms with Crippen LogP contribution in [0.25, 0.3) is 0 Å². The van der Waals surface area contributed by atoms with Crippen molar-refractivity contribution in [3.63, 3.8) is 0 Å². The third kappa shape index (κ3) is 19.1. The molecule has 0 aliphatic rings. The molecule has 0 spiro atoms. The zero-order chi connectivity index (χ0) is 18.7. The van der Waals surface area contributed by atoms with E-state index in [-0.39, 0.29) is 19.0 Å². The first-order valence-corrected chi connectivity index (χ1v) is 9.73. The molecule has 0 amide bonds. The van der Waals surface area contributed by atoms with E-state index in [2.05, 4.69) is 6.92 Å². The maximum atomic E-state index is 13.3. The molecule has 0 heterocycles. The summed E-state index contributed by atoms with van der Waals surface area (Å²) in [6.07, 6.45) is 11.1. The molecule has 0 aromatic rings. The van der Waals surface area contributed by atoms with Crippen LogP contribution in [0.3, 0.4) is 0 Å². The highest BCUT2D eigenvalue weighted by Gasteiger charge is 2.23. The van der Waals surface area contributed by atoms with Crippen LogP contribution in [0.5, 0.6) is 0 Å². The van der Waals surface area contributed by atoms with Gasteiger partial charge in [0.25, 0.3) is 5.92 Å². The number of unbranched alkanes of at least 4 members (excludes halogenated alkanes) is 6. The molecule has 0 fully saturated rings. The summed E-state index contributed by atoms with van der Waals surface area (Å²) < 4.78 is 31.6. The van der Waals surface area contributed by atoms with Gasteiger partial charge in [-0.15, -0.1) is 0 Å². The average Bonchev–Trinajstić information content (AvgIpc) is 2.57. The van der Waals surface area contributed by atoms with Crippen molar-refractivity contribution in [2.24, 2.45) is 0 Å². The standard InChI is InChI=1S/C18H32F2O2.C2H6/c1-3-5-7-8-9-10-13-17(21)22-16-12-11-15-18(19,20)14-6-4-2;1-2/h11,15H,3-10,12-14,16H2,1-2H3;1-2H3/b15-11-;. The molecule has 0 aliphatic heterocycles. The number of ether oxygens (including phenoxy) is 1. The zero-order valence-electron chi connectivity index (χ0n) is 16.2. The Morgan fingerprint density at radius 1 is 0.958 bits per heavy atom. The molecule has 4 heteroatoms. The van der Waals surface area contributed by atoms with E-state index in [1.165, 1.54) is 25.3 Å². The van der Waals surface area contributed by atoms with Crippen molar-refractivity contribution in [3.05, 3.63) is 12.2 Å². The van der Waals surface area contributed by atoms with E-state index in [1.54, 1.807) is 0 Å². The van der Waals surface area contributed by atoms with E-state index in [0.717, 1.165) is 31.8 Å². The van der Waals surface area contributed by atoms with Gasteiger partial charge in [-0.25, -0.2) is 8.78 Å². The van der Waals surface area contributed by atoms with Crippen molar-refractivity contribution in [2.75, 3.05) is 6.61 Å². The fraction of sp³-hybridized carbons (Fsp3) is 0.850. The molecule has 0 aromatic heterocycles. The largest absolute Gasteiger partial charge is 0.465 e. The number of allylic oxidation sites excluding steroid dienone is 1. The van der Waals surface area contributed by atoms with Gasteiger partial charge in [0.05, 0.1) is 6.61 Å². The minimum atomic E-state index is -2.74. The van der Waals surface area contributed by atoms with E-state index in [9.17, 15) is 13.6 Å². The smallest absolute Gasteiger partial charge is 0.305 e. The molecule has 0 aromatic carbocycles. The van der Waals surface area contributed by atoms with Crippen LogP contribution in [-0.4, -0.2) is 18.5 Å². The monoisotopic (exact) mass is 348 g/mol. The highest BCUT2D eigenvalue weighted by Crippen LogP contribution is 2.22. The lowest BCUT2D eigenvalue weighted by Crippen LogP contribution is -2.11. The van der Waals surface area contributed by atoms with Gasteiger partial charge in [0.15, 0.2) is 0 Å². The normalized spacial score (nSPS) is 11.2. The fourth-order valence-corrected chi connectivity index (χ4v) is 2.11. The van der Waals surface area contributed by atoms with E-state index in [0.29, 0.717) is 19.3 Å². The van der Waals surface area contributed by atoms with Gasteiger partial charge in [0.1, 0.15) is 0 Å². The van der Waals surface area contributed by atoms with E-state index in [4.69, 9.17) is 4.74 Å². The average molecular weight is 349 g/mol. The highest BCUT2D eigenvalue weighted by atomic mass is 19.3. The summed E-state index contributed by atoms with van der Waals surface area (Å²) in [5, 5.41) is 0. The molecule has 0 saturated heterocycles. The molecule has 0 atom stereocenters. The predicted molar refractivity (Wildman–Crippen MR) is 98.5 cm³/mol. The maximum absolute atomic E-state index is 13.3. The van der Waals surface area contributed by atoms with Crippen LogP contribution in [0.15, 0.2) is 12.2 Å². The minimum absolute atomic E-state index is 0.113. The van der Waals surface area contributed by atoms with Gasteiger partial charge in [-0.1, -0.05) is 72.3 Å². The van der Waals surface area contributed by atoms with Gasteiger partial charge in [-0.3, -0.25) is 4.79 Å². The Morgan fingerprint density at radius 2 is 1.54 bits per heavy atom. The second-order valence-corrected chi connectivity index (χ2v) is 5.79. The molecule has 0 unspecified atom stereocenters. The van der Waals surface area contributed by atoms with Gasteiger partial charge >= 0.3 is 5.97 Å². The number of hydrogen-bond acceptors (Lipinski definition) is 2. The van der Waals surface area contributed by atoms with Crippen molar-refractivity contribution in [1.29, 1.82) is 0 Å². The number of esters is 1. The summed E-state index contributed by atoms with van der Waals surface area (Å²) in [6, 6.07) is 0. The van der Waals surface area contributed by atoms with Crippen LogP contribution >= 0.6 is 0 Å². The Bertz CT molecular complexity index is 302.